The second-order valence-corrected chi connectivity index (χ2v) is 9.61. The molecule has 1 aromatic heterocycles. The lowest BCUT2D eigenvalue weighted by Crippen LogP contribution is -2.63. The van der Waals surface area contributed by atoms with Crippen molar-refractivity contribution in [3.05, 3.63) is 78.4 Å². The molecule has 3 aromatic rings. The molecule has 8 heteroatoms. The highest BCUT2D eigenvalue weighted by Gasteiger charge is 2.49. The maximum absolute atomic E-state index is 13.9. The van der Waals surface area contributed by atoms with Crippen molar-refractivity contribution >= 4 is 29.5 Å². The number of likely N-dealkylation sites (N-methyl/N-ethyl adjacent to an activating group) is 1. The van der Waals surface area contributed by atoms with E-state index >= 15 is 0 Å². The summed E-state index contributed by atoms with van der Waals surface area (Å²) in [7, 11) is 1.76. The summed E-state index contributed by atoms with van der Waals surface area (Å²) < 4.78 is 2.02. The Morgan fingerprint density at radius 2 is 1.94 bits per heavy atom. The third-order valence-corrected chi connectivity index (χ3v) is 7.24. The van der Waals surface area contributed by atoms with E-state index in [1.54, 1.807) is 30.7 Å². The number of aryl methyl sites for hydroxylation is 2. The maximum Gasteiger partial charge on any atom is 0.321 e. The molecule has 2 aliphatic rings. The lowest BCUT2D eigenvalue weighted by Gasteiger charge is -2.40. The van der Waals surface area contributed by atoms with Crippen LogP contribution in [0.1, 0.15) is 43.2 Å². The molecule has 186 valence electrons. The van der Waals surface area contributed by atoms with Crippen molar-refractivity contribution in [2.45, 2.75) is 50.7 Å². The Labute approximate surface area is 211 Å². The third kappa shape index (κ3) is 4.89. The van der Waals surface area contributed by atoms with Crippen LogP contribution in [0.25, 0.3) is 0 Å². The van der Waals surface area contributed by atoms with E-state index in [9.17, 15) is 9.59 Å². The second-order valence-electron chi connectivity index (χ2n) is 9.61. The maximum atomic E-state index is 13.9. The highest BCUT2D eigenvalue weighted by molar-refractivity contribution is 6.09. The van der Waals surface area contributed by atoms with E-state index in [0.717, 1.165) is 61.9 Å². The van der Waals surface area contributed by atoms with Gasteiger partial charge in [0.15, 0.2) is 0 Å². The molecular weight excluding hydrogens is 452 g/mol. The van der Waals surface area contributed by atoms with Crippen LogP contribution in [0.2, 0.25) is 0 Å². The summed E-state index contributed by atoms with van der Waals surface area (Å²) in [6.45, 7) is 0.802. The zero-order valence-corrected chi connectivity index (χ0v) is 20.6. The molecule has 1 aliphatic carbocycles. The number of aromatic nitrogens is 2. The van der Waals surface area contributed by atoms with Crippen molar-refractivity contribution in [3.8, 4) is 0 Å². The molecular formula is C28H32N6O2. The first-order valence-corrected chi connectivity index (χ1v) is 12.6. The van der Waals surface area contributed by atoms with Gasteiger partial charge in [-0.1, -0.05) is 49.6 Å². The Bertz CT molecular complexity index is 1250. The molecule has 1 saturated carbocycles. The summed E-state index contributed by atoms with van der Waals surface area (Å²) in [5, 5.41) is 5.98. The number of nitrogens with zero attached hydrogens (tertiary/aromatic N) is 4. The number of anilines is 2. The molecule has 3 amide bonds. The number of urea groups is 1. The zero-order chi connectivity index (χ0) is 25.0. The first-order valence-electron chi connectivity index (χ1n) is 12.6. The van der Waals surface area contributed by atoms with Gasteiger partial charge in [0.25, 0.3) is 5.91 Å². The van der Waals surface area contributed by atoms with Crippen LogP contribution < -0.4 is 15.5 Å². The SMILES string of the molecule is CN1C(=O)C(NC(=O)Nc2cccc(CCn3ccnc3)c2)(C2CCCCC2)N=Cc2ccccc21. The number of hydrogen-bond acceptors (Lipinski definition) is 4. The summed E-state index contributed by atoms with van der Waals surface area (Å²) in [5.74, 6) is -0.279. The number of rotatable bonds is 6. The van der Waals surface area contributed by atoms with Crippen molar-refractivity contribution in [1.82, 2.24) is 14.9 Å². The normalized spacial score (nSPS) is 20.0. The number of hydrogen-bond donors (Lipinski definition) is 2. The van der Waals surface area contributed by atoms with Gasteiger partial charge >= 0.3 is 6.03 Å². The van der Waals surface area contributed by atoms with Crippen molar-refractivity contribution in [2.75, 3.05) is 17.3 Å². The van der Waals surface area contributed by atoms with Crippen LogP contribution in [0.5, 0.6) is 0 Å². The first-order chi connectivity index (χ1) is 17.5. The van der Waals surface area contributed by atoms with Crippen molar-refractivity contribution < 1.29 is 9.59 Å². The fraction of sp³-hybridized carbons (Fsp3) is 0.357. The van der Waals surface area contributed by atoms with Crippen LogP contribution in [0.15, 0.2) is 72.2 Å². The molecule has 1 unspecified atom stereocenters. The van der Waals surface area contributed by atoms with Gasteiger partial charge in [-0.2, -0.15) is 0 Å². The quantitative estimate of drug-likeness (QED) is 0.535. The Hall–Kier alpha value is -3.94. The second kappa shape index (κ2) is 10.4. The molecule has 0 radical (unpaired) electrons. The summed E-state index contributed by atoms with van der Waals surface area (Å²) in [5.41, 5.74) is 2.08. The molecule has 1 aliphatic heterocycles. The van der Waals surface area contributed by atoms with E-state index in [1.807, 2.05) is 59.3 Å². The number of carbonyl (C=O) groups excluding carboxylic acids is 2. The van der Waals surface area contributed by atoms with Gasteiger partial charge in [-0.15, -0.1) is 0 Å². The number of carbonyl (C=O) groups is 2. The van der Waals surface area contributed by atoms with E-state index in [0.29, 0.717) is 5.69 Å². The van der Waals surface area contributed by atoms with Crippen molar-refractivity contribution in [3.63, 3.8) is 0 Å². The van der Waals surface area contributed by atoms with Gasteiger partial charge in [0.1, 0.15) is 0 Å². The lowest BCUT2D eigenvalue weighted by molar-refractivity contribution is -0.126. The topological polar surface area (TPSA) is 91.6 Å². The van der Waals surface area contributed by atoms with Gasteiger partial charge in [-0.25, -0.2) is 9.78 Å². The smallest absolute Gasteiger partial charge is 0.321 e. The fourth-order valence-corrected chi connectivity index (χ4v) is 5.30. The molecule has 0 saturated heterocycles. The standard InChI is InChI=1S/C28H32N6O2/c1-33-25-13-6-5-9-22(25)19-30-28(26(33)35,23-10-3-2-4-11-23)32-27(36)31-24-12-7-8-21(18-24)14-16-34-17-15-29-20-34/h5-9,12-13,15,17-20,23H,2-4,10-11,14,16H2,1H3,(H2,31,32,36). The van der Waals surface area contributed by atoms with Crippen LogP contribution in [0.4, 0.5) is 16.2 Å². The number of para-hydroxylation sites is 1. The number of fused-ring (bicyclic) bond motifs is 1. The number of nitrogens with one attached hydrogen (secondary N) is 2. The molecule has 36 heavy (non-hydrogen) atoms. The van der Waals surface area contributed by atoms with E-state index < -0.39 is 11.7 Å². The van der Waals surface area contributed by atoms with Gasteiger partial charge in [-0.05, 0) is 43.0 Å². The highest BCUT2D eigenvalue weighted by Crippen LogP contribution is 2.38. The van der Waals surface area contributed by atoms with Gasteiger partial charge < -0.3 is 20.1 Å². The monoisotopic (exact) mass is 484 g/mol. The fourth-order valence-electron chi connectivity index (χ4n) is 5.30. The van der Waals surface area contributed by atoms with Crippen LogP contribution in [0.3, 0.4) is 0 Å². The zero-order valence-electron chi connectivity index (χ0n) is 20.6. The number of benzene rings is 2. The molecule has 8 nitrogen and oxygen atoms in total. The van der Waals surface area contributed by atoms with Crippen LogP contribution >= 0.6 is 0 Å². The lowest BCUT2D eigenvalue weighted by atomic mass is 9.79. The van der Waals surface area contributed by atoms with Crippen LogP contribution in [-0.4, -0.2) is 40.4 Å². The number of aliphatic imine (C=N–C) groups is 1. The first kappa shape index (κ1) is 23.8. The molecule has 1 fully saturated rings. The molecule has 2 N–H and O–H groups in total. The Morgan fingerprint density at radius 3 is 2.75 bits per heavy atom. The summed E-state index contributed by atoms with van der Waals surface area (Å²) in [6.07, 6.45) is 12.9. The third-order valence-electron chi connectivity index (χ3n) is 7.24. The molecule has 5 rings (SSSR count). The van der Waals surface area contributed by atoms with E-state index in [4.69, 9.17) is 4.99 Å². The van der Waals surface area contributed by atoms with Gasteiger partial charge in [0.05, 0.1) is 12.0 Å². The van der Waals surface area contributed by atoms with Crippen molar-refractivity contribution in [2.24, 2.45) is 10.9 Å². The molecule has 0 spiro atoms. The number of amides is 3. The van der Waals surface area contributed by atoms with Crippen LogP contribution in [0, 0.1) is 5.92 Å². The molecule has 2 aromatic carbocycles. The average molecular weight is 485 g/mol. The minimum Gasteiger partial charge on any atom is -0.337 e. The average Bonchev–Trinajstić information content (AvgIpc) is 3.40. The van der Waals surface area contributed by atoms with E-state index in [2.05, 4.69) is 15.6 Å². The highest BCUT2D eigenvalue weighted by atomic mass is 16.2. The van der Waals surface area contributed by atoms with E-state index in [1.165, 1.54) is 0 Å². The summed E-state index contributed by atoms with van der Waals surface area (Å²) in [4.78, 5) is 37.8. The minimum absolute atomic E-state index is 0.0703. The van der Waals surface area contributed by atoms with Crippen molar-refractivity contribution in [1.29, 1.82) is 0 Å². The van der Waals surface area contributed by atoms with Crippen LogP contribution in [-0.2, 0) is 17.8 Å². The van der Waals surface area contributed by atoms with Gasteiger partial charge in [0, 0.05) is 49.4 Å². The van der Waals surface area contributed by atoms with Gasteiger partial charge in [-0.3, -0.25) is 9.79 Å². The summed E-state index contributed by atoms with van der Waals surface area (Å²) >= 11 is 0. The largest absolute Gasteiger partial charge is 0.337 e. The summed E-state index contributed by atoms with van der Waals surface area (Å²) in [6, 6.07) is 15.0. The predicted octanol–water partition coefficient (Wildman–Crippen LogP) is 4.62. The molecule has 0 bridgehead atoms. The minimum atomic E-state index is -1.35. The van der Waals surface area contributed by atoms with E-state index in [-0.39, 0.29) is 11.8 Å². The number of imidazole rings is 1. The predicted molar refractivity (Wildman–Crippen MR) is 141 cm³/mol. The Balaban J connectivity index is 1.37. The van der Waals surface area contributed by atoms with Gasteiger partial charge in [0.2, 0.25) is 5.66 Å². The Kier molecular flexibility index (Phi) is 6.84. The Morgan fingerprint density at radius 1 is 1.11 bits per heavy atom. The number of benzodiazepines with no additional fused rings is 1. The molecule has 2 heterocycles. The molecule has 1 atom stereocenters.